The first-order valence-corrected chi connectivity index (χ1v) is 4.92. The summed E-state index contributed by atoms with van der Waals surface area (Å²) in [4.78, 5) is 0. The van der Waals surface area contributed by atoms with E-state index in [1.165, 1.54) is 32.1 Å². The Balaban J connectivity index is 3.32. The molecule has 1 atom stereocenters. The SMILES string of the molecule is C=CCCCC(CCCC)NN. The van der Waals surface area contributed by atoms with E-state index in [2.05, 4.69) is 18.9 Å². The molecule has 0 radical (unpaired) electrons. The highest BCUT2D eigenvalue weighted by atomic mass is 15.2. The van der Waals surface area contributed by atoms with E-state index in [9.17, 15) is 0 Å². The average Bonchev–Trinajstić information content (AvgIpc) is 2.11. The average molecular weight is 170 g/mol. The van der Waals surface area contributed by atoms with Crippen molar-refractivity contribution < 1.29 is 0 Å². The standard InChI is InChI=1S/C10H22N2/c1-3-5-7-9-10(12-11)8-6-4-2/h3,10,12H,1,4-9,11H2,2H3. The summed E-state index contributed by atoms with van der Waals surface area (Å²) in [5, 5.41) is 0. The van der Waals surface area contributed by atoms with Gasteiger partial charge in [-0.15, -0.1) is 6.58 Å². The second kappa shape index (κ2) is 8.75. The van der Waals surface area contributed by atoms with Crippen LogP contribution >= 0.6 is 0 Å². The van der Waals surface area contributed by atoms with E-state index >= 15 is 0 Å². The number of allylic oxidation sites excluding steroid dienone is 1. The number of hydrogen-bond donors (Lipinski definition) is 2. The molecular weight excluding hydrogens is 148 g/mol. The fourth-order valence-corrected chi connectivity index (χ4v) is 1.27. The Morgan fingerprint density at radius 1 is 1.42 bits per heavy atom. The summed E-state index contributed by atoms with van der Waals surface area (Å²) in [5.74, 6) is 5.42. The number of rotatable bonds is 8. The van der Waals surface area contributed by atoms with Gasteiger partial charge >= 0.3 is 0 Å². The quantitative estimate of drug-likeness (QED) is 0.254. The first-order valence-electron chi connectivity index (χ1n) is 4.92. The number of hydrazine groups is 1. The molecular formula is C10H22N2. The molecule has 0 heterocycles. The molecule has 0 fully saturated rings. The van der Waals surface area contributed by atoms with Crippen LogP contribution in [0.5, 0.6) is 0 Å². The van der Waals surface area contributed by atoms with Crippen molar-refractivity contribution in [3.63, 3.8) is 0 Å². The van der Waals surface area contributed by atoms with E-state index in [0.29, 0.717) is 6.04 Å². The molecule has 2 heteroatoms. The van der Waals surface area contributed by atoms with E-state index < -0.39 is 0 Å². The van der Waals surface area contributed by atoms with Crippen LogP contribution in [0.3, 0.4) is 0 Å². The minimum absolute atomic E-state index is 0.505. The van der Waals surface area contributed by atoms with Gasteiger partial charge in [0.25, 0.3) is 0 Å². The zero-order valence-electron chi connectivity index (χ0n) is 8.18. The summed E-state index contributed by atoms with van der Waals surface area (Å²) in [6.07, 6.45) is 9.15. The van der Waals surface area contributed by atoms with Crippen molar-refractivity contribution in [3.8, 4) is 0 Å². The Morgan fingerprint density at radius 2 is 2.08 bits per heavy atom. The van der Waals surface area contributed by atoms with Crippen LogP contribution in [0.25, 0.3) is 0 Å². The first-order chi connectivity index (χ1) is 5.85. The lowest BCUT2D eigenvalue weighted by molar-refractivity contribution is 0.439. The van der Waals surface area contributed by atoms with Gasteiger partial charge in [-0.3, -0.25) is 11.3 Å². The van der Waals surface area contributed by atoms with Crippen molar-refractivity contribution in [2.45, 2.75) is 51.5 Å². The van der Waals surface area contributed by atoms with Crippen LogP contribution in [0, 0.1) is 0 Å². The molecule has 12 heavy (non-hydrogen) atoms. The molecule has 0 aromatic carbocycles. The van der Waals surface area contributed by atoms with Crippen LogP contribution in [0.4, 0.5) is 0 Å². The van der Waals surface area contributed by atoms with Gasteiger partial charge in [0.2, 0.25) is 0 Å². The predicted molar refractivity (Wildman–Crippen MR) is 54.7 cm³/mol. The summed E-state index contributed by atoms with van der Waals surface area (Å²) in [6, 6.07) is 0.505. The molecule has 3 N–H and O–H groups in total. The lowest BCUT2D eigenvalue weighted by Crippen LogP contribution is -2.34. The second-order valence-electron chi connectivity index (χ2n) is 3.23. The summed E-state index contributed by atoms with van der Waals surface area (Å²) in [7, 11) is 0. The van der Waals surface area contributed by atoms with E-state index in [-0.39, 0.29) is 0 Å². The van der Waals surface area contributed by atoms with Crippen LogP contribution in [-0.2, 0) is 0 Å². The van der Waals surface area contributed by atoms with Gasteiger partial charge in [-0.25, -0.2) is 0 Å². The Morgan fingerprint density at radius 3 is 2.58 bits per heavy atom. The van der Waals surface area contributed by atoms with Gasteiger partial charge in [0.1, 0.15) is 0 Å². The molecule has 1 unspecified atom stereocenters. The predicted octanol–water partition coefficient (Wildman–Crippen LogP) is 2.36. The minimum Gasteiger partial charge on any atom is -0.271 e. The van der Waals surface area contributed by atoms with Gasteiger partial charge in [0, 0.05) is 6.04 Å². The molecule has 0 aliphatic carbocycles. The fraction of sp³-hybridized carbons (Fsp3) is 0.800. The molecule has 2 nitrogen and oxygen atoms in total. The Hall–Kier alpha value is -0.340. The Kier molecular flexibility index (Phi) is 8.51. The molecule has 0 spiro atoms. The van der Waals surface area contributed by atoms with Gasteiger partial charge in [0.05, 0.1) is 0 Å². The van der Waals surface area contributed by atoms with Gasteiger partial charge in [-0.2, -0.15) is 0 Å². The molecule has 0 aromatic heterocycles. The lowest BCUT2D eigenvalue weighted by atomic mass is 10.0. The molecule has 72 valence electrons. The summed E-state index contributed by atoms with van der Waals surface area (Å²) in [5.41, 5.74) is 2.86. The number of hydrogen-bond acceptors (Lipinski definition) is 2. The maximum absolute atomic E-state index is 5.42. The van der Waals surface area contributed by atoms with Crippen LogP contribution < -0.4 is 11.3 Å². The van der Waals surface area contributed by atoms with Crippen molar-refractivity contribution in [1.29, 1.82) is 0 Å². The third-order valence-electron chi connectivity index (χ3n) is 2.10. The zero-order chi connectivity index (χ0) is 9.23. The molecule has 0 amide bonds. The molecule has 0 aromatic rings. The smallest absolute Gasteiger partial charge is 0.0210 e. The van der Waals surface area contributed by atoms with Crippen molar-refractivity contribution in [3.05, 3.63) is 12.7 Å². The first kappa shape index (κ1) is 11.7. The van der Waals surface area contributed by atoms with E-state index in [1.807, 2.05) is 6.08 Å². The van der Waals surface area contributed by atoms with Crippen molar-refractivity contribution in [2.75, 3.05) is 0 Å². The summed E-state index contributed by atoms with van der Waals surface area (Å²) < 4.78 is 0. The third-order valence-corrected chi connectivity index (χ3v) is 2.10. The van der Waals surface area contributed by atoms with Gasteiger partial charge < -0.3 is 0 Å². The number of nitrogens with two attached hydrogens (primary N) is 1. The Labute approximate surface area is 76.2 Å². The van der Waals surface area contributed by atoms with Crippen molar-refractivity contribution in [2.24, 2.45) is 5.84 Å². The molecule has 0 saturated carbocycles. The molecule has 0 saturated heterocycles. The topological polar surface area (TPSA) is 38.0 Å². The highest BCUT2D eigenvalue weighted by molar-refractivity contribution is 4.69. The van der Waals surface area contributed by atoms with Crippen molar-refractivity contribution >= 4 is 0 Å². The van der Waals surface area contributed by atoms with Crippen LogP contribution in [-0.4, -0.2) is 6.04 Å². The zero-order valence-corrected chi connectivity index (χ0v) is 8.18. The summed E-state index contributed by atoms with van der Waals surface area (Å²) >= 11 is 0. The third kappa shape index (κ3) is 6.38. The van der Waals surface area contributed by atoms with E-state index in [4.69, 9.17) is 5.84 Å². The lowest BCUT2D eigenvalue weighted by Gasteiger charge is -2.14. The number of nitrogens with one attached hydrogen (secondary N) is 1. The van der Waals surface area contributed by atoms with Gasteiger partial charge in [-0.1, -0.05) is 25.8 Å². The van der Waals surface area contributed by atoms with Crippen LogP contribution in [0.15, 0.2) is 12.7 Å². The Bertz CT molecular complexity index is 102. The van der Waals surface area contributed by atoms with E-state index in [1.54, 1.807) is 0 Å². The van der Waals surface area contributed by atoms with Gasteiger partial charge in [0.15, 0.2) is 0 Å². The maximum atomic E-state index is 5.42. The highest BCUT2D eigenvalue weighted by Gasteiger charge is 2.03. The summed E-state index contributed by atoms with van der Waals surface area (Å²) in [6.45, 7) is 5.90. The van der Waals surface area contributed by atoms with E-state index in [0.717, 1.165) is 6.42 Å². The highest BCUT2D eigenvalue weighted by Crippen LogP contribution is 2.07. The molecule has 0 aliphatic heterocycles. The molecule has 0 rings (SSSR count). The largest absolute Gasteiger partial charge is 0.271 e. The van der Waals surface area contributed by atoms with Crippen LogP contribution in [0.2, 0.25) is 0 Å². The normalized spacial score (nSPS) is 12.8. The molecule has 0 bridgehead atoms. The van der Waals surface area contributed by atoms with Crippen LogP contribution in [0.1, 0.15) is 45.4 Å². The van der Waals surface area contributed by atoms with Crippen molar-refractivity contribution in [1.82, 2.24) is 5.43 Å². The maximum Gasteiger partial charge on any atom is 0.0210 e. The minimum atomic E-state index is 0.505. The number of unbranched alkanes of at least 4 members (excludes halogenated alkanes) is 2. The second-order valence-corrected chi connectivity index (χ2v) is 3.23. The van der Waals surface area contributed by atoms with Gasteiger partial charge in [-0.05, 0) is 25.7 Å². The molecule has 0 aliphatic rings. The fourth-order valence-electron chi connectivity index (χ4n) is 1.27. The monoisotopic (exact) mass is 170 g/mol.